The van der Waals surface area contributed by atoms with Crippen LogP contribution in [0.15, 0.2) is 0 Å². The van der Waals surface area contributed by atoms with Crippen LogP contribution in [0.3, 0.4) is 0 Å². The third-order valence-corrected chi connectivity index (χ3v) is 0.500. The van der Waals surface area contributed by atoms with Crippen molar-refractivity contribution < 1.29 is 29.6 Å². The van der Waals surface area contributed by atoms with Crippen molar-refractivity contribution in [2.75, 3.05) is 13.1 Å². The Morgan fingerprint density at radius 1 is 1.17 bits per heavy atom. The fourth-order valence-electron chi connectivity index (χ4n) is 0.250. The van der Waals surface area contributed by atoms with Gasteiger partial charge in [0.05, 0.1) is 0 Å². The van der Waals surface area contributed by atoms with Crippen LogP contribution in [0.2, 0.25) is 0 Å². The van der Waals surface area contributed by atoms with E-state index in [-0.39, 0.29) is 29.6 Å². The van der Waals surface area contributed by atoms with E-state index in [1.165, 1.54) is 0 Å². The smallest absolute Gasteiger partial charge is 0.317 e. The average molecular weight is 96.1 g/mol. The van der Waals surface area contributed by atoms with Gasteiger partial charge in [-0.05, 0) is 13.1 Å². The van der Waals surface area contributed by atoms with Crippen LogP contribution in [-0.4, -0.2) is 13.1 Å². The van der Waals surface area contributed by atoms with Crippen molar-refractivity contribution in [2.45, 2.75) is 13.8 Å². The van der Waals surface area contributed by atoms with Crippen molar-refractivity contribution in [3.63, 3.8) is 0 Å². The number of rotatable bonds is 2. The van der Waals surface area contributed by atoms with Gasteiger partial charge >= 0.3 is 29.6 Å². The molecule has 0 aromatic heterocycles. The largest absolute Gasteiger partial charge is 1.00 e. The molecule has 0 bridgehead atoms. The summed E-state index contributed by atoms with van der Waals surface area (Å²) in [6.07, 6.45) is 0. The van der Waals surface area contributed by atoms with Crippen LogP contribution in [0, 0.1) is 0 Å². The summed E-state index contributed by atoms with van der Waals surface area (Å²) in [6.45, 7) is 6.39. The van der Waals surface area contributed by atoms with Crippen LogP contribution in [0.1, 0.15) is 13.8 Å². The summed E-state index contributed by atoms with van der Waals surface area (Å²) in [5.74, 6) is 0. The Kier molecular flexibility index (Phi) is 15.7. The monoisotopic (exact) mass is 96.1 g/mol. The van der Waals surface area contributed by atoms with E-state index in [9.17, 15) is 0 Å². The van der Waals surface area contributed by atoms with Crippen LogP contribution < -0.4 is 34.9 Å². The van der Waals surface area contributed by atoms with Crippen LogP contribution >= 0.6 is 0 Å². The summed E-state index contributed by atoms with van der Waals surface area (Å²) >= 11 is 0. The molecule has 0 unspecified atom stereocenters. The first-order valence-electron chi connectivity index (χ1n) is 2.12. The quantitative estimate of drug-likeness (QED) is 0.379. The molecule has 0 amide bonds. The van der Waals surface area contributed by atoms with Crippen molar-refractivity contribution in [3.8, 4) is 0 Å². The van der Waals surface area contributed by atoms with Gasteiger partial charge in [0.2, 0.25) is 0 Å². The third kappa shape index (κ3) is 8.88. The standard InChI is InChI=1S/C4H11N.Na/c1-3-5-4-2;/h5H,3-4H2,1-2H3;/q;+1. The molecule has 0 radical (unpaired) electrons. The van der Waals surface area contributed by atoms with Crippen molar-refractivity contribution in [1.82, 2.24) is 5.32 Å². The zero-order chi connectivity index (χ0) is 4.12. The van der Waals surface area contributed by atoms with Gasteiger partial charge in [-0.15, -0.1) is 0 Å². The van der Waals surface area contributed by atoms with Gasteiger partial charge in [0.1, 0.15) is 0 Å². The van der Waals surface area contributed by atoms with Gasteiger partial charge in [0.15, 0.2) is 0 Å². The number of hydrogen-bond acceptors (Lipinski definition) is 1. The van der Waals surface area contributed by atoms with E-state index < -0.39 is 0 Å². The van der Waals surface area contributed by atoms with E-state index in [0.29, 0.717) is 0 Å². The Labute approximate surface area is 61.8 Å². The summed E-state index contributed by atoms with van der Waals surface area (Å²) in [4.78, 5) is 0. The van der Waals surface area contributed by atoms with Crippen molar-refractivity contribution in [1.29, 1.82) is 0 Å². The molecule has 0 saturated carbocycles. The van der Waals surface area contributed by atoms with Crippen LogP contribution in [0.4, 0.5) is 0 Å². The number of hydrogen-bond donors (Lipinski definition) is 1. The van der Waals surface area contributed by atoms with Crippen molar-refractivity contribution in [2.24, 2.45) is 0 Å². The zero-order valence-electron chi connectivity index (χ0n) is 4.91. The molecular weight excluding hydrogens is 85.0 g/mol. The van der Waals surface area contributed by atoms with E-state index in [1.54, 1.807) is 0 Å². The molecule has 6 heavy (non-hydrogen) atoms. The minimum atomic E-state index is 0. The van der Waals surface area contributed by atoms with Gasteiger partial charge < -0.3 is 5.32 Å². The second kappa shape index (κ2) is 9.35. The molecule has 1 N–H and O–H groups in total. The summed E-state index contributed by atoms with van der Waals surface area (Å²) in [7, 11) is 0. The molecule has 0 aliphatic carbocycles. The Morgan fingerprint density at radius 3 is 1.50 bits per heavy atom. The minimum absolute atomic E-state index is 0. The van der Waals surface area contributed by atoms with Gasteiger partial charge in [-0.25, -0.2) is 0 Å². The Hall–Kier alpha value is 0.960. The molecule has 0 atom stereocenters. The Morgan fingerprint density at radius 2 is 1.50 bits per heavy atom. The predicted molar refractivity (Wildman–Crippen MR) is 24.2 cm³/mol. The van der Waals surface area contributed by atoms with E-state index in [4.69, 9.17) is 0 Å². The molecule has 0 fully saturated rings. The van der Waals surface area contributed by atoms with Gasteiger partial charge in [0, 0.05) is 0 Å². The number of nitrogens with one attached hydrogen (secondary N) is 1. The fourth-order valence-corrected chi connectivity index (χ4v) is 0.250. The molecule has 0 heterocycles. The first-order chi connectivity index (χ1) is 2.41. The molecule has 32 valence electrons. The van der Waals surface area contributed by atoms with Crippen molar-refractivity contribution in [3.05, 3.63) is 0 Å². The maximum Gasteiger partial charge on any atom is 1.00 e. The maximum atomic E-state index is 3.11. The minimum Gasteiger partial charge on any atom is -0.317 e. The normalized spacial score (nSPS) is 7.00. The van der Waals surface area contributed by atoms with E-state index >= 15 is 0 Å². The molecule has 0 spiro atoms. The van der Waals surface area contributed by atoms with E-state index in [2.05, 4.69) is 19.2 Å². The summed E-state index contributed by atoms with van der Waals surface area (Å²) in [6, 6.07) is 0. The Bertz CT molecular complexity index is 15.0. The summed E-state index contributed by atoms with van der Waals surface area (Å²) in [5.41, 5.74) is 0. The predicted octanol–water partition coefficient (Wildman–Crippen LogP) is -2.38. The second-order valence-corrected chi connectivity index (χ2v) is 0.957. The zero-order valence-corrected chi connectivity index (χ0v) is 6.91. The fraction of sp³-hybridized carbons (Fsp3) is 1.00. The molecule has 0 aromatic carbocycles. The summed E-state index contributed by atoms with van der Waals surface area (Å²) in [5, 5.41) is 3.11. The van der Waals surface area contributed by atoms with Crippen LogP contribution in [0.25, 0.3) is 0 Å². The molecular formula is C4H11NNa+. The molecule has 0 rings (SSSR count). The first kappa shape index (κ1) is 10.0. The van der Waals surface area contributed by atoms with Crippen LogP contribution in [-0.2, 0) is 0 Å². The SMILES string of the molecule is CCNCC.[Na+]. The molecule has 0 saturated heterocycles. The molecule has 0 aromatic rings. The first-order valence-corrected chi connectivity index (χ1v) is 2.12. The molecule has 0 aliphatic rings. The molecule has 1 nitrogen and oxygen atoms in total. The van der Waals surface area contributed by atoms with Gasteiger partial charge in [-0.1, -0.05) is 13.8 Å². The van der Waals surface area contributed by atoms with Gasteiger partial charge in [0.25, 0.3) is 0 Å². The maximum absolute atomic E-state index is 3.11. The van der Waals surface area contributed by atoms with Gasteiger partial charge in [-0.3, -0.25) is 0 Å². The van der Waals surface area contributed by atoms with E-state index in [1.807, 2.05) is 0 Å². The topological polar surface area (TPSA) is 12.0 Å². The average Bonchev–Trinajstić information content (AvgIpc) is 1.41. The van der Waals surface area contributed by atoms with Gasteiger partial charge in [-0.2, -0.15) is 0 Å². The second-order valence-electron chi connectivity index (χ2n) is 0.957. The third-order valence-electron chi connectivity index (χ3n) is 0.500. The van der Waals surface area contributed by atoms with Crippen LogP contribution in [0.5, 0.6) is 0 Å². The Balaban J connectivity index is 0. The summed E-state index contributed by atoms with van der Waals surface area (Å²) < 4.78 is 0. The van der Waals surface area contributed by atoms with E-state index in [0.717, 1.165) is 13.1 Å². The molecule has 0 aliphatic heterocycles. The molecule has 2 heteroatoms. The van der Waals surface area contributed by atoms with Crippen molar-refractivity contribution >= 4 is 0 Å².